The van der Waals surface area contributed by atoms with Crippen LogP contribution in [0.5, 0.6) is 0 Å². The van der Waals surface area contributed by atoms with Crippen LogP contribution >= 0.6 is 23.2 Å². The molecule has 0 fully saturated rings. The molecule has 1 nitrogen and oxygen atoms in total. The van der Waals surface area contributed by atoms with Crippen molar-refractivity contribution in [2.45, 2.75) is 33.2 Å². The van der Waals surface area contributed by atoms with Gasteiger partial charge in [0.15, 0.2) is 0 Å². The van der Waals surface area contributed by atoms with Gasteiger partial charge in [-0.2, -0.15) is 0 Å². The lowest BCUT2D eigenvalue weighted by Gasteiger charge is -2.22. The van der Waals surface area contributed by atoms with Gasteiger partial charge in [-0.1, -0.05) is 44.0 Å². The number of halogens is 2. The zero-order chi connectivity index (χ0) is 11.4. The molecule has 1 atom stereocenters. The lowest BCUT2D eigenvalue weighted by molar-refractivity contribution is 0.511. The second kappa shape index (κ2) is 5.62. The minimum absolute atomic E-state index is 0.448. The largest absolute Gasteiger partial charge is 0.381 e. The summed E-state index contributed by atoms with van der Waals surface area (Å²) in [5.41, 5.74) is 0.960. The molecule has 0 aliphatic rings. The summed E-state index contributed by atoms with van der Waals surface area (Å²) in [5, 5.41) is 4.78. The Morgan fingerprint density at radius 2 is 1.93 bits per heavy atom. The maximum atomic E-state index is 6.09. The minimum atomic E-state index is 0.448. The van der Waals surface area contributed by atoms with Gasteiger partial charge in [0.25, 0.3) is 0 Å². The Hall–Kier alpha value is -0.400. The van der Waals surface area contributed by atoms with Crippen molar-refractivity contribution >= 4 is 28.9 Å². The zero-order valence-electron chi connectivity index (χ0n) is 9.35. The summed E-state index contributed by atoms with van der Waals surface area (Å²) in [4.78, 5) is 0. The van der Waals surface area contributed by atoms with Crippen LogP contribution in [0.25, 0.3) is 0 Å². The van der Waals surface area contributed by atoms with Gasteiger partial charge < -0.3 is 5.32 Å². The monoisotopic (exact) mass is 245 g/mol. The highest BCUT2D eigenvalue weighted by Crippen LogP contribution is 2.27. The number of benzene rings is 1. The van der Waals surface area contributed by atoms with Crippen LogP contribution in [0.15, 0.2) is 18.2 Å². The van der Waals surface area contributed by atoms with E-state index in [2.05, 4.69) is 26.1 Å². The number of hydrogen-bond acceptors (Lipinski definition) is 1. The highest BCUT2D eigenvalue weighted by atomic mass is 35.5. The van der Waals surface area contributed by atoms with E-state index in [1.165, 1.54) is 0 Å². The molecule has 1 rings (SSSR count). The molecule has 1 aromatic carbocycles. The van der Waals surface area contributed by atoms with Gasteiger partial charge in [0.1, 0.15) is 0 Å². The third kappa shape index (κ3) is 3.58. The normalized spacial score (nSPS) is 12.9. The van der Waals surface area contributed by atoms with Crippen molar-refractivity contribution < 1.29 is 0 Å². The summed E-state index contributed by atoms with van der Waals surface area (Å²) >= 11 is 11.9. The molecule has 3 heteroatoms. The molecule has 0 amide bonds. The van der Waals surface area contributed by atoms with E-state index < -0.39 is 0 Å². The first kappa shape index (κ1) is 12.7. The van der Waals surface area contributed by atoms with Gasteiger partial charge >= 0.3 is 0 Å². The lowest BCUT2D eigenvalue weighted by Crippen LogP contribution is -2.24. The van der Waals surface area contributed by atoms with Crippen LogP contribution in [0.1, 0.15) is 27.2 Å². The summed E-state index contributed by atoms with van der Waals surface area (Å²) in [5.74, 6) is 0.585. The van der Waals surface area contributed by atoms with E-state index in [-0.39, 0.29) is 0 Å². The van der Waals surface area contributed by atoms with Crippen LogP contribution < -0.4 is 5.32 Å². The van der Waals surface area contributed by atoms with E-state index in [4.69, 9.17) is 23.2 Å². The molecule has 0 radical (unpaired) electrons. The van der Waals surface area contributed by atoms with Crippen LogP contribution in [0.2, 0.25) is 10.0 Å². The predicted octanol–water partition coefficient (Wildman–Crippen LogP) is 4.84. The Kier molecular flexibility index (Phi) is 4.75. The predicted molar refractivity (Wildman–Crippen MR) is 69.0 cm³/mol. The third-order valence-corrected chi connectivity index (χ3v) is 3.06. The van der Waals surface area contributed by atoms with Crippen molar-refractivity contribution in [3.8, 4) is 0 Å². The SMILES string of the molecule is CCC(Nc1ccc(Cl)cc1Cl)C(C)C. The standard InChI is InChI=1S/C12H17Cl2N/c1-4-11(8(2)3)15-12-6-5-9(13)7-10(12)14/h5-8,11,15H,4H2,1-3H3. The van der Waals surface area contributed by atoms with E-state index in [1.807, 2.05) is 12.1 Å². The van der Waals surface area contributed by atoms with Gasteiger partial charge in [0.2, 0.25) is 0 Å². The quantitative estimate of drug-likeness (QED) is 0.801. The minimum Gasteiger partial charge on any atom is -0.381 e. The maximum Gasteiger partial charge on any atom is 0.0652 e. The Bertz CT molecular complexity index is 323. The highest BCUT2D eigenvalue weighted by Gasteiger charge is 2.12. The zero-order valence-corrected chi connectivity index (χ0v) is 10.9. The van der Waals surface area contributed by atoms with Gasteiger partial charge in [-0.05, 0) is 30.5 Å². The Balaban J connectivity index is 2.79. The molecule has 1 aromatic rings. The number of hydrogen-bond donors (Lipinski definition) is 1. The number of nitrogens with one attached hydrogen (secondary N) is 1. The molecular formula is C12H17Cl2N. The first-order valence-corrected chi connectivity index (χ1v) is 6.01. The summed E-state index contributed by atoms with van der Waals surface area (Å²) in [6.07, 6.45) is 1.08. The Labute approximate surface area is 102 Å². The fraction of sp³-hybridized carbons (Fsp3) is 0.500. The first-order chi connectivity index (χ1) is 7.04. The Morgan fingerprint density at radius 3 is 2.40 bits per heavy atom. The summed E-state index contributed by atoms with van der Waals surface area (Å²) in [6, 6.07) is 5.99. The molecule has 0 aliphatic carbocycles. The molecule has 0 aromatic heterocycles. The molecule has 0 saturated carbocycles. The van der Waals surface area contributed by atoms with Gasteiger partial charge in [-0.3, -0.25) is 0 Å². The molecule has 0 spiro atoms. The molecule has 15 heavy (non-hydrogen) atoms. The molecule has 0 saturated heterocycles. The summed E-state index contributed by atoms with van der Waals surface area (Å²) in [6.45, 7) is 6.57. The molecule has 84 valence electrons. The summed E-state index contributed by atoms with van der Waals surface area (Å²) < 4.78 is 0. The molecule has 0 aliphatic heterocycles. The van der Waals surface area contributed by atoms with E-state index in [0.717, 1.165) is 12.1 Å². The number of rotatable bonds is 4. The van der Waals surface area contributed by atoms with Crippen LogP contribution in [-0.4, -0.2) is 6.04 Å². The van der Waals surface area contributed by atoms with Crippen LogP contribution in [-0.2, 0) is 0 Å². The molecule has 0 bridgehead atoms. The van der Waals surface area contributed by atoms with Crippen molar-refractivity contribution in [3.63, 3.8) is 0 Å². The molecule has 1 N–H and O–H groups in total. The van der Waals surface area contributed by atoms with E-state index in [9.17, 15) is 0 Å². The highest BCUT2D eigenvalue weighted by molar-refractivity contribution is 6.36. The average molecular weight is 246 g/mol. The second-order valence-corrected chi connectivity index (χ2v) is 4.87. The smallest absolute Gasteiger partial charge is 0.0652 e. The van der Waals surface area contributed by atoms with Crippen LogP contribution in [0.3, 0.4) is 0 Å². The van der Waals surface area contributed by atoms with E-state index >= 15 is 0 Å². The molecule has 0 heterocycles. The van der Waals surface area contributed by atoms with Gasteiger partial charge in [0, 0.05) is 11.1 Å². The third-order valence-electron chi connectivity index (χ3n) is 2.52. The van der Waals surface area contributed by atoms with Crippen LogP contribution in [0.4, 0.5) is 5.69 Å². The van der Waals surface area contributed by atoms with E-state index in [0.29, 0.717) is 22.0 Å². The topological polar surface area (TPSA) is 12.0 Å². The molecular weight excluding hydrogens is 229 g/mol. The van der Waals surface area contributed by atoms with Crippen molar-refractivity contribution in [2.24, 2.45) is 5.92 Å². The lowest BCUT2D eigenvalue weighted by atomic mass is 10.0. The van der Waals surface area contributed by atoms with Gasteiger partial charge in [-0.15, -0.1) is 0 Å². The van der Waals surface area contributed by atoms with Crippen molar-refractivity contribution in [2.75, 3.05) is 5.32 Å². The summed E-state index contributed by atoms with van der Waals surface area (Å²) in [7, 11) is 0. The fourth-order valence-corrected chi connectivity index (χ4v) is 2.01. The van der Waals surface area contributed by atoms with Gasteiger partial charge in [0.05, 0.1) is 10.7 Å². The second-order valence-electron chi connectivity index (χ2n) is 4.03. The molecule has 1 unspecified atom stereocenters. The number of anilines is 1. The van der Waals surface area contributed by atoms with E-state index in [1.54, 1.807) is 6.07 Å². The Morgan fingerprint density at radius 1 is 1.27 bits per heavy atom. The average Bonchev–Trinajstić information content (AvgIpc) is 2.16. The van der Waals surface area contributed by atoms with Crippen molar-refractivity contribution in [3.05, 3.63) is 28.2 Å². The van der Waals surface area contributed by atoms with Crippen LogP contribution in [0, 0.1) is 5.92 Å². The maximum absolute atomic E-state index is 6.09. The fourth-order valence-electron chi connectivity index (χ4n) is 1.55. The van der Waals surface area contributed by atoms with Crippen molar-refractivity contribution in [1.29, 1.82) is 0 Å². The van der Waals surface area contributed by atoms with Crippen molar-refractivity contribution in [1.82, 2.24) is 0 Å². The first-order valence-electron chi connectivity index (χ1n) is 5.26. The van der Waals surface area contributed by atoms with Gasteiger partial charge in [-0.25, -0.2) is 0 Å².